The largest absolute Gasteiger partial charge is 0.356 e. The lowest BCUT2D eigenvalue weighted by molar-refractivity contribution is -0.124. The van der Waals surface area contributed by atoms with Gasteiger partial charge in [0.2, 0.25) is 11.8 Å². The van der Waals surface area contributed by atoms with Gasteiger partial charge in [-0.15, -0.1) is 0 Å². The average molecular weight is 418 g/mol. The molecule has 0 aliphatic carbocycles. The fourth-order valence-corrected chi connectivity index (χ4v) is 3.13. The first kappa shape index (κ1) is 25.7. The Morgan fingerprint density at radius 2 is 1.40 bits per heavy atom. The van der Waals surface area contributed by atoms with E-state index >= 15 is 0 Å². The van der Waals surface area contributed by atoms with Gasteiger partial charge in [-0.2, -0.15) is 0 Å². The highest BCUT2D eigenvalue weighted by atomic mass is 16.2. The first-order valence-electron chi connectivity index (χ1n) is 11.5. The van der Waals surface area contributed by atoms with E-state index in [4.69, 9.17) is 0 Å². The van der Waals surface area contributed by atoms with Gasteiger partial charge in [-0.05, 0) is 31.4 Å². The van der Waals surface area contributed by atoms with Crippen molar-refractivity contribution in [1.29, 1.82) is 0 Å². The van der Waals surface area contributed by atoms with Gasteiger partial charge in [0.05, 0.1) is 0 Å². The van der Waals surface area contributed by atoms with Crippen LogP contribution in [0.4, 0.5) is 0 Å². The SMILES string of the molecule is CCCCCCNC(=O)CC[C@@H](NC(=O)c1ccccc1)C(=O)NCCCCCC. The van der Waals surface area contributed by atoms with Crippen molar-refractivity contribution in [3.8, 4) is 0 Å². The maximum atomic E-state index is 12.6. The first-order chi connectivity index (χ1) is 14.6. The number of carbonyl (C=O) groups excluding carboxylic acids is 3. The van der Waals surface area contributed by atoms with Gasteiger partial charge in [-0.1, -0.05) is 70.6 Å². The highest BCUT2D eigenvalue weighted by Gasteiger charge is 2.22. The van der Waals surface area contributed by atoms with Crippen molar-refractivity contribution in [3.63, 3.8) is 0 Å². The lowest BCUT2D eigenvalue weighted by Crippen LogP contribution is -2.47. The first-order valence-corrected chi connectivity index (χ1v) is 11.5. The smallest absolute Gasteiger partial charge is 0.251 e. The molecule has 168 valence electrons. The van der Waals surface area contributed by atoms with Gasteiger partial charge in [0.1, 0.15) is 6.04 Å². The monoisotopic (exact) mass is 417 g/mol. The Morgan fingerprint density at radius 3 is 2.00 bits per heavy atom. The molecule has 3 N–H and O–H groups in total. The van der Waals surface area contributed by atoms with Gasteiger partial charge in [0.25, 0.3) is 5.91 Å². The van der Waals surface area contributed by atoms with E-state index in [9.17, 15) is 14.4 Å². The van der Waals surface area contributed by atoms with E-state index in [2.05, 4.69) is 29.8 Å². The molecule has 0 aliphatic rings. The zero-order valence-electron chi connectivity index (χ0n) is 18.7. The van der Waals surface area contributed by atoms with Crippen molar-refractivity contribution in [1.82, 2.24) is 16.0 Å². The standard InChI is InChI=1S/C24H39N3O3/c1-3-5-7-12-18-25-22(28)17-16-21(24(30)26-19-13-8-6-4-2)27-23(29)20-14-10-9-11-15-20/h9-11,14-15,21H,3-8,12-13,16-19H2,1-2H3,(H,25,28)(H,26,30)(H,27,29)/t21-/m1/s1. The Bertz CT molecular complexity index is 619. The van der Waals surface area contributed by atoms with Crippen LogP contribution >= 0.6 is 0 Å². The summed E-state index contributed by atoms with van der Waals surface area (Å²) < 4.78 is 0. The normalized spacial score (nSPS) is 11.5. The predicted molar refractivity (Wildman–Crippen MR) is 121 cm³/mol. The summed E-state index contributed by atoms with van der Waals surface area (Å²) in [5.41, 5.74) is 0.499. The van der Waals surface area contributed by atoms with E-state index < -0.39 is 6.04 Å². The number of hydrogen-bond donors (Lipinski definition) is 3. The zero-order valence-corrected chi connectivity index (χ0v) is 18.7. The highest BCUT2D eigenvalue weighted by Crippen LogP contribution is 2.04. The minimum atomic E-state index is -0.727. The lowest BCUT2D eigenvalue weighted by atomic mass is 10.1. The molecule has 0 radical (unpaired) electrons. The second kappa shape index (κ2) is 16.4. The Kier molecular flexibility index (Phi) is 14.1. The van der Waals surface area contributed by atoms with Gasteiger partial charge in [0, 0.05) is 25.1 Å². The van der Waals surface area contributed by atoms with Crippen molar-refractivity contribution >= 4 is 17.7 Å². The summed E-state index contributed by atoms with van der Waals surface area (Å²) >= 11 is 0. The van der Waals surface area contributed by atoms with E-state index in [1.807, 2.05) is 6.07 Å². The summed E-state index contributed by atoms with van der Waals surface area (Å²) in [6, 6.07) is 8.08. The zero-order chi connectivity index (χ0) is 22.0. The second-order valence-electron chi connectivity index (χ2n) is 7.69. The van der Waals surface area contributed by atoms with Gasteiger partial charge in [0.15, 0.2) is 0 Å². The van der Waals surface area contributed by atoms with Gasteiger partial charge in [-0.25, -0.2) is 0 Å². The Labute approximate surface area is 181 Å². The van der Waals surface area contributed by atoms with Crippen LogP contribution < -0.4 is 16.0 Å². The minimum Gasteiger partial charge on any atom is -0.356 e. The molecule has 1 aromatic rings. The molecule has 0 saturated heterocycles. The summed E-state index contributed by atoms with van der Waals surface area (Å²) in [5.74, 6) is -0.616. The molecule has 0 spiro atoms. The number of benzene rings is 1. The topological polar surface area (TPSA) is 87.3 Å². The molecule has 0 aromatic heterocycles. The summed E-state index contributed by atoms with van der Waals surface area (Å²) in [5, 5.41) is 8.60. The van der Waals surface area contributed by atoms with Crippen LogP contribution in [0.5, 0.6) is 0 Å². The van der Waals surface area contributed by atoms with Crippen molar-refractivity contribution < 1.29 is 14.4 Å². The maximum Gasteiger partial charge on any atom is 0.251 e. The summed E-state index contributed by atoms with van der Waals surface area (Å²) in [7, 11) is 0. The molecule has 6 nitrogen and oxygen atoms in total. The van der Waals surface area contributed by atoms with Crippen LogP contribution in [0.1, 0.15) is 88.4 Å². The highest BCUT2D eigenvalue weighted by molar-refractivity contribution is 5.97. The van der Waals surface area contributed by atoms with Crippen molar-refractivity contribution in [2.24, 2.45) is 0 Å². The third-order valence-electron chi connectivity index (χ3n) is 5.00. The molecule has 0 heterocycles. The number of rotatable bonds is 16. The maximum absolute atomic E-state index is 12.6. The molecule has 0 saturated carbocycles. The molecular weight excluding hydrogens is 378 g/mol. The van der Waals surface area contributed by atoms with Crippen LogP contribution in [0.2, 0.25) is 0 Å². The molecule has 3 amide bonds. The number of amides is 3. The minimum absolute atomic E-state index is 0.0822. The number of hydrogen-bond acceptors (Lipinski definition) is 3. The van der Waals surface area contributed by atoms with Crippen LogP contribution in [-0.2, 0) is 9.59 Å². The van der Waals surface area contributed by atoms with Crippen LogP contribution in [0.3, 0.4) is 0 Å². The summed E-state index contributed by atoms with van der Waals surface area (Å²) in [4.78, 5) is 37.3. The number of nitrogens with one attached hydrogen (secondary N) is 3. The van der Waals surface area contributed by atoms with E-state index in [-0.39, 0.29) is 30.6 Å². The fourth-order valence-electron chi connectivity index (χ4n) is 3.13. The Balaban J connectivity index is 2.53. The molecule has 1 aromatic carbocycles. The van der Waals surface area contributed by atoms with Crippen LogP contribution in [-0.4, -0.2) is 36.9 Å². The van der Waals surface area contributed by atoms with Crippen molar-refractivity contribution in [3.05, 3.63) is 35.9 Å². The molecule has 30 heavy (non-hydrogen) atoms. The second-order valence-corrected chi connectivity index (χ2v) is 7.69. The molecular formula is C24H39N3O3. The van der Waals surface area contributed by atoms with Crippen LogP contribution in [0, 0.1) is 0 Å². The van der Waals surface area contributed by atoms with E-state index in [0.29, 0.717) is 18.7 Å². The molecule has 0 fully saturated rings. The molecule has 1 atom stereocenters. The average Bonchev–Trinajstić information content (AvgIpc) is 2.76. The predicted octanol–water partition coefficient (Wildman–Crippen LogP) is 3.96. The van der Waals surface area contributed by atoms with Gasteiger partial charge < -0.3 is 16.0 Å². The quantitative estimate of drug-likeness (QED) is 0.356. The van der Waals surface area contributed by atoms with Gasteiger partial charge >= 0.3 is 0 Å². The third-order valence-corrected chi connectivity index (χ3v) is 5.00. The molecule has 0 unspecified atom stereocenters. The van der Waals surface area contributed by atoms with Crippen LogP contribution in [0.15, 0.2) is 30.3 Å². The van der Waals surface area contributed by atoms with Gasteiger partial charge in [-0.3, -0.25) is 14.4 Å². The Morgan fingerprint density at radius 1 is 0.800 bits per heavy atom. The fraction of sp³-hybridized carbons (Fsp3) is 0.625. The number of carbonyl (C=O) groups is 3. The van der Waals surface area contributed by atoms with E-state index in [1.54, 1.807) is 24.3 Å². The molecule has 6 heteroatoms. The van der Waals surface area contributed by atoms with Crippen molar-refractivity contribution in [2.45, 2.75) is 84.1 Å². The summed E-state index contributed by atoms with van der Waals surface area (Å²) in [6.45, 7) is 5.53. The molecule has 1 rings (SSSR count). The third kappa shape index (κ3) is 11.6. The van der Waals surface area contributed by atoms with Crippen LogP contribution in [0.25, 0.3) is 0 Å². The molecule has 0 bridgehead atoms. The summed E-state index contributed by atoms with van der Waals surface area (Å²) in [6.07, 6.45) is 9.14. The van der Waals surface area contributed by atoms with E-state index in [1.165, 1.54) is 6.42 Å². The van der Waals surface area contributed by atoms with E-state index in [0.717, 1.165) is 44.9 Å². The molecule has 0 aliphatic heterocycles. The number of unbranched alkanes of at least 4 members (excludes halogenated alkanes) is 6. The lowest BCUT2D eigenvalue weighted by Gasteiger charge is -2.18. The van der Waals surface area contributed by atoms with Crippen molar-refractivity contribution in [2.75, 3.05) is 13.1 Å². The Hall–Kier alpha value is -2.37.